The molecule has 2 aromatic carbocycles. The monoisotopic (exact) mass is 443 g/mol. The van der Waals surface area contributed by atoms with Crippen molar-refractivity contribution in [2.75, 3.05) is 20.2 Å². The highest BCUT2D eigenvalue weighted by Crippen LogP contribution is 2.20. The third-order valence-corrected chi connectivity index (χ3v) is 5.96. The molecular formula is C25H25N5O3. The molecule has 168 valence electrons. The van der Waals surface area contributed by atoms with Gasteiger partial charge in [0.25, 0.3) is 11.8 Å². The Balaban J connectivity index is 1.22. The first-order valence-corrected chi connectivity index (χ1v) is 11.0. The molecule has 33 heavy (non-hydrogen) atoms. The number of fused-ring (bicyclic) bond motifs is 2. The molecule has 0 spiro atoms. The lowest BCUT2D eigenvalue weighted by Gasteiger charge is -2.27. The molecule has 2 amide bonds. The van der Waals surface area contributed by atoms with Crippen LogP contribution in [0.3, 0.4) is 0 Å². The van der Waals surface area contributed by atoms with Gasteiger partial charge in [-0.3, -0.25) is 14.3 Å². The van der Waals surface area contributed by atoms with E-state index in [1.54, 1.807) is 22.8 Å². The summed E-state index contributed by atoms with van der Waals surface area (Å²) in [6.07, 6.45) is 2.68. The fourth-order valence-electron chi connectivity index (χ4n) is 4.23. The van der Waals surface area contributed by atoms with Crippen LogP contribution in [0.2, 0.25) is 0 Å². The van der Waals surface area contributed by atoms with Crippen LogP contribution in [0.5, 0.6) is 5.75 Å². The summed E-state index contributed by atoms with van der Waals surface area (Å²) in [7, 11) is 1.62. The molecule has 2 aromatic heterocycles. The van der Waals surface area contributed by atoms with Gasteiger partial charge in [-0.2, -0.15) is 5.10 Å². The van der Waals surface area contributed by atoms with Crippen molar-refractivity contribution in [2.24, 2.45) is 0 Å². The summed E-state index contributed by atoms with van der Waals surface area (Å²) in [5.74, 6) is 0.354. The van der Waals surface area contributed by atoms with Crippen LogP contribution in [0.15, 0.2) is 60.8 Å². The first-order valence-electron chi connectivity index (χ1n) is 11.0. The van der Waals surface area contributed by atoms with Gasteiger partial charge in [-0.1, -0.05) is 30.3 Å². The van der Waals surface area contributed by atoms with Crippen molar-refractivity contribution in [3.05, 3.63) is 83.3 Å². The van der Waals surface area contributed by atoms with Gasteiger partial charge in [0.15, 0.2) is 5.69 Å². The number of benzene rings is 2. The Hall–Kier alpha value is -4.07. The summed E-state index contributed by atoms with van der Waals surface area (Å²) in [6, 6.07) is 17.3. The quantitative estimate of drug-likeness (QED) is 0.459. The fourth-order valence-corrected chi connectivity index (χ4v) is 4.23. The minimum Gasteiger partial charge on any atom is -0.497 e. The fraction of sp³-hybridized carbons (Fsp3) is 0.240. The van der Waals surface area contributed by atoms with Gasteiger partial charge < -0.3 is 19.9 Å². The molecule has 1 aliphatic rings. The number of rotatable bonds is 7. The van der Waals surface area contributed by atoms with E-state index in [9.17, 15) is 9.59 Å². The Bertz CT molecular complexity index is 1320. The van der Waals surface area contributed by atoms with Gasteiger partial charge in [-0.15, -0.1) is 0 Å². The first kappa shape index (κ1) is 20.8. The van der Waals surface area contributed by atoms with Crippen molar-refractivity contribution in [1.29, 1.82) is 0 Å². The summed E-state index contributed by atoms with van der Waals surface area (Å²) in [5, 5.41) is 8.45. The van der Waals surface area contributed by atoms with Crippen LogP contribution in [-0.2, 0) is 19.5 Å². The Morgan fingerprint density at radius 1 is 1.15 bits per heavy atom. The molecule has 1 aliphatic heterocycles. The van der Waals surface area contributed by atoms with Crippen LogP contribution in [-0.4, -0.2) is 51.7 Å². The average Bonchev–Trinajstić information content (AvgIpc) is 3.46. The van der Waals surface area contributed by atoms with Crippen LogP contribution in [0.4, 0.5) is 0 Å². The molecule has 0 atom stereocenters. The van der Waals surface area contributed by atoms with E-state index in [1.165, 1.54) is 0 Å². The van der Waals surface area contributed by atoms with E-state index < -0.39 is 0 Å². The van der Waals surface area contributed by atoms with E-state index in [4.69, 9.17) is 4.74 Å². The van der Waals surface area contributed by atoms with Crippen LogP contribution < -0.4 is 10.1 Å². The molecule has 0 radical (unpaired) electrons. The van der Waals surface area contributed by atoms with Crippen LogP contribution in [0, 0.1) is 0 Å². The minimum absolute atomic E-state index is 0.130. The second-order valence-corrected chi connectivity index (χ2v) is 8.08. The molecule has 3 heterocycles. The number of nitrogens with one attached hydrogen (secondary N) is 2. The zero-order valence-corrected chi connectivity index (χ0v) is 18.4. The SMILES string of the molecule is COc1cccc(CN2CCn3nc(C(=O)NCCc4c[nH]c5ccccc45)cc3C2=O)c1. The molecule has 0 saturated heterocycles. The van der Waals surface area contributed by atoms with Crippen LogP contribution in [0.25, 0.3) is 10.9 Å². The number of amides is 2. The van der Waals surface area contributed by atoms with Gasteiger partial charge in [0, 0.05) is 42.8 Å². The number of methoxy groups -OCH3 is 1. The third-order valence-electron chi connectivity index (χ3n) is 5.96. The van der Waals surface area contributed by atoms with Gasteiger partial charge in [0.1, 0.15) is 11.4 Å². The highest BCUT2D eigenvalue weighted by molar-refractivity contribution is 5.98. The number of para-hydroxylation sites is 1. The second-order valence-electron chi connectivity index (χ2n) is 8.08. The normalized spacial score (nSPS) is 13.2. The number of nitrogens with zero attached hydrogens (tertiary/aromatic N) is 3. The Kier molecular flexibility index (Phi) is 5.56. The van der Waals surface area contributed by atoms with E-state index in [2.05, 4.69) is 21.5 Å². The molecule has 2 N–H and O–H groups in total. The lowest BCUT2D eigenvalue weighted by molar-refractivity contribution is 0.0683. The molecule has 5 rings (SSSR count). The maximum Gasteiger partial charge on any atom is 0.272 e. The third kappa shape index (κ3) is 4.19. The van der Waals surface area contributed by atoms with Crippen molar-refractivity contribution in [2.45, 2.75) is 19.5 Å². The van der Waals surface area contributed by atoms with Crippen LogP contribution >= 0.6 is 0 Å². The maximum atomic E-state index is 13.0. The molecule has 0 bridgehead atoms. The van der Waals surface area contributed by atoms with Gasteiger partial charge in [0.2, 0.25) is 0 Å². The van der Waals surface area contributed by atoms with Gasteiger partial charge >= 0.3 is 0 Å². The van der Waals surface area contributed by atoms with Crippen molar-refractivity contribution in [3.63, 3.8) is 0 Å². The number of hydrogen-bond acceptors (Lipinski definition) is 4. The summed E-state index contributed by atoms with van der Waals surface area (Å²) < 4.78 is 6.89. The second kappa shape index (κ2) is 8.82. The smallest absolute Gasteiger partial charge is 0.272 e. The van der Waals surface area contributed by atoms with Crippen molar-refractivity contribution in [1.82, 2.24) is 25.0 Å². The standard InChI is InChI=1S/C25H25N5O3/c1-33-19-6-4-5-17(13-19)16-29-11-12-30-23(25(29)32)14-22(28-30)24(31)26-10-9-18-15-27-21-8-3-2-7-20(18)21/h2-8,13-15,27H,9-12,16H2,1H3,(H,26,31). The van der Waals surface area contributed by atoms with Crippen LogP contribution in [0.1, 0.15) is 32.1 Å². The van der Waals surface area contributed by atoms with E-state index in [0.29, 0.717) is 38.3 Å². The minimum atomic E-state index is -0.274. The van der Waals surface area contributed by atoms with Crippen molar-refractivity contribution >= 4 is 22.7 Å². The molecular weight excluding hydrogens is 418 g/mol. The topological polar surface area (TPSA) is 92.2 Å². The predicted molar refractivity (Wildman–Crippen MR) is 124 cm³/mol. The van der Waals surface area contributed by atoms with Crippen molar-refractivity contribution < 1.29 is 14.3 Å². The van der Waals surface area contributed by atoms with Gasteiger partial charge in [0.05, 0.1) is 13.7 Å². The number of carbonyl (C=O) groups excluding carboxylic acids is 2. The zero-order valence-electron chi connectivity index (χ0n) is 18.4. The number of aromatic amines is 1. The Labute approximate surface area is 191 Å². The van der Waals surface area contributed by atoms with Crippen molar-refractivity contribution in [3.8, 4) is 5.75 Å². The lowest BCUT2D eigenvalue weighted by Crippen LogP contribution is -2.39. The number of carbonyl (C=O) groups is 2. The predicted octanol–water partition coefficient (Wildman–Crippen LogP) is 3.00. The van der Waals surface area contributed by atoms with E-state index >= 15 is 0 Å². The molecule has 8 nitrogen and oxygen atoms in total. The van der Waals surface area contributed by atoms with Gasteiger partial charge in [-0.05, 0) is 35.7 Å². The van der Waals surface area contributed by atoms with E-state index in [1.807, 2.05) is 48.7 Å². The summed E-state index contributed by atoms with van der Waals surface area (Å²) in [6.45, 7) is 2.05. The summed E-state index contributed by atoms with van der Waals surface area (Å²) in [4.78, 5) is 30.7. The highest BCUT2D eigenvalue weighted by Gasteiger charge is 2.28. The molecule has 0 saturated carbocycles. The number of aromatic nitrogens is 3. The molecule has 4 aromatic rings. The van der Waals surface area contributed by atoms with E-state index in [0.717, 1.165) is 27.8 Å². The summed E-state index contributed by atoms with van der Waals surface area (Å²) in [5.41, 5.74) is 3.92. The maximum absolute atomic E-state index is 13.0. The average molecular weight is 444 g/mol. The lowest BCUT2D eigenvalue weighted by atomic mass is 10.1. The Morgan fingerprint density at radius 3 is 2.91 bits per heavy atom. The summed E-state index contributed by atoms with van der Waals surface area (Å²) >= 11 is 0. The zero-order chi connectivity index (χ0) is 22.8. The van der Waals surface area contributed by atoms with E-state index in [-0.39, 0.29) is 17.5 Å². The molecule has 0 aliphatic carbocycles. The highest BCUT2D eigenvalue weighted by atomic mass is 16.5. The molecule has 8 heteroatoms. The number of ether oxygens (including phenoxy) is 1. The van der Waals surface area contributed by atoms with Gasteiger partial charge in [-0.25, -0.2) is 0 Å². The largest absolute Gasteiger partial charge is 0.497 e. The number of hydrogen-bond donors (Lipinski definition) is 2. The molecule has 0 unspecified atom stereocenters. The Morgan fingerprint density at radius 2 is 2.03 bits per heavy atom. The number of H-pyrrole nitrogens is 1. The first-order chi connectivity index (χ1) is 16.1. The molecule has 0 fully saturated rings.